The number of benzene rings is 4. The smallest absolute Gasteiger partial charge is 0.343 e. The van der Waals surface area contributed by atoms with Crippen molar-refractivity contribution in [3.63, 3.8) is 0 Å². The second kappa shape index (κ2) is 14.3. The summed E-state index contributed by atoms with van der Waals surface area (Å²) in [5.74, 6) is -0.0463. The summed E-state index contributed by atoms with van der Waals surface area (Å²) in [6.45, 7) is 4.49. The predicted octanol–water partition coefficient (Wildman–Crippen LogP) is 5.92. The van der Waals surface area contributed by atoms with Crippen molar-refractivity contribution in [3.8, 4) is 17.2 Å². The monoisotopic (exact) mass is 621 g/mol. The van der Waals surface area contributed by atoms with E-state index in [1.165, 1.54) is 42.6 Å². The Kier molecular flexibility index (Phi) is 10.4. The molecule has 0 heterocycles. The van der Waals surface area contributed by atoms with Crippen molar-refractivity contribution in [3.05, 3.63) is 113 Å². The van der Waals surface area contributed by atoms with Crippen molar-refractivity contribution < 1.29 is 32.2 Å². The molecule has 4 rings (SSSR count). The van der Waals surface area contributed by atoms with Gasteiger partial charge in [-0.3, -0.25) is 9.52 Å². The molecule has 4 aromatic rings. The molecule has 0 saturated heterocycles. The number of para-hydroxylation sites is 1. The number of carbonyl (C=O) groups is 2. The Labute approximate surface area is 254 Å². The number of amides is 1. The molecule has 2 N–H and O–H groups in total. The summed E-state index contributed by atoms with van der Waals surface area (Å²) in [7, 11) is -3.98. The molecule has 0 atom stereocenters. The normalized spacial score (nSPS) is 11.1. The minimum absolute atomic E-state index is 0.0103. The third kappa shape index (κ3) is 8.34. The first-order valence-corrected chi connectivity index (χ1v) is 15.0. The van der Waals surface area contributed by atoms with E-state index in [9.17, 15) is 18.0 Å². The van der Waals surface area contributed by atoms with E-state index in [0.717, 1.165) is 0 Å². The van der Waals surface area contributed by atoms with Crippen LogP contribution in [0.5, 0.6) is 17.2 Å². The van der Waals surface area contributed by atoms with E-state index in [2.05, 4.69) is 15.2 Å². The molecular weight excluding hydrogens is 594 g/mol. The number of carbonyl (C=O) groups excluding carboxylic acids is 2. The van der Waals surface area contributed by atoms with Gasteiger partial charge in [0.15, 0.2) is 11.5 Å². The van der Waals surface area contributed by atoms with Crippen molar-refractivity contribution in [1.29, 1.82) is 0 Å². The predicted molar refractivity (Wildman–Crippen MR) is 164 cm³/mol. The van der Waals surface area contributed by atoms with Crippen LogP contribution < -0.4 is 24.4 Å². The molecule has 0 aliphatic rings. The average Bonchev–Trinajstić information content (AvgIpc) is 2.99. The molecule has 1 amide bonds. The lowest BCUT2D eigenvalue weighted by Crippen LogP contribution is -2.21. The van der Waals surface area contributed by atoms with Crippen LogP contribution in [0.2, 0.25) is 5.02 Å². The van der Waals surface area contributed by atoms with Gasteiger partial charge in [0.1, 0.15) is 5.75 Å². The Morgan fingerprint density at radius 3 is 2.26 bits per heavy atom. The number of nitrogens with zero attached hydrogens (tertiary/aromatic N) is 1. The van der Waals surface area contributed by atoms with Crippen molar-refractivity contribution in [2.45, 2.75) is 18.7 Å². The standard InChI is InChI=1S/C31H28ClN3O7S/c1-3-40-24-14-10-22(11-15-24)31(37)42-28-18-9-21(19-29(28)41-4-2)20-33-34-30(36)26-7-5-6-8-27(26)35-43(38,39)25-16-12-23(32)13-17-25/h5-20,35H,3-4H2,1-2H3,(H,34,36). The molecule has 0 saturated carbocycles. The molecule has 43 heavy (non-hydrogen) atoms. The number of hydrogen-bond donors (Lipinski definition) is 2. The molecule has 0 aromatic heterocycles. The van der Waals surface area contributed by atoms with E-state index in [1.807, 2.05) is 6.92 Å². The highest BCUT2D eigenvalue weighted by Gasteiger charge is 2.19. The Morgan fingerprint density at radius 2 is 1.56 bits per heavy atom. The van der Waals surface area contributed by atoms with Crippen LogP contribution in [0.4, 0.5) is 5.69 Å². The number of halogens is 1. The number of anilines is 1. The van der Waals surface area contributed by atoms with Gasteiger partial charge in [0.2, 0.25) is 0 Å². The SMILES string of the molecule is CCOc1ccc(C(=O)Oc2ccc(C=NNC(=O)c3ccccc3NS(=O)(=O)c3ccc(Cl)cc3)cc2OCC)cc1. The molecule has 0 spiro atoms. The van der Waals surface area contributed by atoms with Gasteiger partial charge in [-0.25, -0.2) is 18.6 Å². The maximum atomic E-state index is 12.9. The molecule has 0 aliphatic carbocycles. The van der Waals surface area contributed by atoms with Crippen LogP contribution in [-0.4, -0.2) is 39.7 Å². The highest BCUT2D eigenvalue weighted by atomic mass is 35.5. The second-order valence-electron chi connectivity index (χ2n) is 8.79. The van der Waals surface area contributed by atoms with Crippen molar-refractivity contribution in [1.82, 2.24) is 5.43 Å². The van der Waals surface area contributed by atoms with Gasteiger partial charge in [-0.05, 0) is 98.3 Å². The van der Waals surface area contributed by atoms with Gasteiger partial charge in [-0.1, -0.05) is 23.7 Å². The van der Waals surface area contributed by atoms with Gasteiger partial charge in [0.05, 0.1) is 41.1 Å². The topological polar surface area (TPSA) is 132 Å². The first-order chi connectivity index (χ1) is 20.7. The molecule has 0 aliphatic heterocycles. The van der Waals surface area contributed by atoms with E-state index in [-0.39, 0.29) is 21.9 Å². The molecule has 222 valence electrons. The van der Waals surface area contributed by atoms with Crippen LogP contribution >= 0.6 is 11.6 Å². The van der Waals surface area contributed by atoms with Crippen molar-refractivity contribution in [2.24, 2.45) is 5.10 Å². The van der Waals surface area contributed by atoms with Gasteiger partial charge < -0.3 is 14.2 Å². The molecule has 0 radical (unpaired) electrons. The molecule has 0 unspecified atom stereocenters. The van der Waals surface area contributed by atoms with Gasteiger partial charge in [0.25, 0.3) is 15.9 Å². The Bertz CT molecular complexity index is 1730. The minimum atomic E-state index is -3.98. The van der Waals surface area contributed by atoms with Crippen LogP contribution in [0.3, 0.4) is 0 Å². The summed E-state index contributed by atoms with van der Waals surface area (Å²) >= 11 is 5.86. The summed E-state index contributed by atoms with van der Waals surface area (Å²) in [5.41, 5.74) is 3.41. The van der Waals surface area contributed by atoms with E-state index in [4.69, 9.17) is 25.8 Å². The molecule has 4 aromatic carbocycles. The molecule has 0 fully saturated rings. The maximum absolute atomic E-state index is 12.9. The van der Waals surface area contributed by atoms with Crippen LogP contribution in [0.25, 0.3) is 0 Å². The lowest BCUT2D eigenvalue weighted by atomic mass is 10.2. The van der Waals surface area contributed by atoms with Crippen molar-refractivity contribution >= 4 is 45.4 Å². The van der Waals surface area contributed by atoms with E-state index < -0.39 is 21.9 Å². The zero-order valence-corrected chi connectivity index (χ0v) is 24.8. The first-order valence-electron chi connectivity index (χ1n) is 13.1. The van der Waals surface area contributed by atoms with Gasteiger partial charge >= 0.3 is 5.97 Å². The molecule has 12 heteroatoms. The largest absolute Gasteiger partial charge is 0.494 e. The second-order valence-corrected chi connectivity index (χ2v) is 10.9. The average molecular weight is 622 g/mol. The quantitative estimate of drug-likeness (QED) is 0.0868. The minimum Gasteiger partial charge on any atom is -0.494 e. The number of nitrogens with one attached hydrogen (secondary N) is 2. The number of hydrazone groups is 1. The molecular formula is C31H28ClN3O7S. The maximum Gasteiger partial charge on any atom is 0.343 e. The van der Waals surface area contributed by atoms with Crippen LogP contribution in [0.15, 0.2) is 101 Å². The van der Waals surface area contributed by atoms with Crippen LogP contribution in [0.1, 0.15) is 40.1 Å². The number of esters is 1. The first kappa shape index (κ1) is 31.1. The number of rotatable bonds is 12. The summed E-state index contributed by atoms with van der Waals surface area (Å²) < 4.78 is 44.7. The number of ether oxygens (including phenoxy) is 3. The fraction of sp³-hybridized carbons (Fsp3) is 0.129. The van der Waals surface area contributed by atoms with Crippen molar-refractivity contribution in [2.75, 3.05) is 17.9 Å². The summed E-state index contributed by atoms with van der Waals surface area (Å²) in [5, 5.41) is 4.39. The van der Waals surface area contributed by atoms with E-state index >= 15 is 0 Å². The highest BCUT2D eigenvalue weighted by molar-refractivity contribution is 7.92. The van der Waals surface area contributed by atoms with Crippen LogP contribution in [0, 0.1) is 0 Å². The lowest BCUT2D eigenvalue weighted by Gasteiger charge is -2.12. The molecule has 10 nitrogen and oxygen atoms in total. The highest BCUT2D eigenvalue weighted by Crippen LogP contribution is 2.29. The summed E-state index contributed by atoms with van der Waals surface area (Å²) in [6, 6.07) is 23.1. The molecule has 0 bridgehead atoms. The van der Waals surface area contributed by atoms with Gasteiger partial charge in [0, 0.05) is 5.02 Å². The summed E-state index contributed by atoms with van der Waals surface area (Å²) in [4.78, 5) is 25.6. The zero-order valence-electron chi connectivity index (χ0n) is 23.2. The van der Waals surface area contributed by atoms with E-state index in [0.29, 0.717) is 40.9 Å². The Hall–Kier alpha value is -4.87. The van der Waals surface area contributed by atoms with Crippen LogP contribution in [-0.2, 0) is 10.0 Å². The Balaban J connectivity index is 1.44. The van der Waals surface area contributed by atoms with Gasteiger partial charge in [-0.15, -0.1) is 0 Å². The summed E-state index contributed by atoms with van der Waals surface area (Å²) in [6.07, 6.45) is 1.37. The van der Waals surface area contributed by atoms with E-state index in [1.54, 1.807) is 61.5 Å². The number of sulfonamides is 1. The lowest BCUT2D eigenvalue weighted by molar-refractivity contribution is 0.0728. The third-order valence-corrected chi connectivity index (χ3v) is 7.42. The third-order valence-electron chi connectivity index (χ3n) is 5.79. The number of hydrogen-bond acceptors (Lipinski definition) is 8. The Morgan fingerprint density at radius 1 is 0.860 bits per heavy atom. The van der Waals surface area contributed by atoms with Gasteiger partial charge in [-0.2, -0.15) is 5.10 Å². The fourth-order valence-electron chi connectivity index (χ4n) is 3.78. The zero-order chi connectivity index (χ0) is 30.8. The fourth-order valence-corrected chi connectivity index (χ4v) is 4.99.